The van der Waals surface area contributed by atoms with E-state index in [0.29, 0.717) is 5.69 Å². The van der Waals surface area contributed by atoms with Crippen molar-refractivity contribution in [1.82, 2.24) is 0 Å². The number of nitro benzene ring substituents is 1. The van der Waals surface area contributed by atoms with Crippen LogP contribution in [0.15, 0.2) is 6.07 Å². The first kappa shape index (κ1) is 8.99. The van der Waals surface area contributed by atoms with Crippen molar-refractivity contribution in [1.29, 1.82) is 0 Å². The van der Waals surface area contributed by atoms with Gasteiger partial charge in [0.15, 0.2) is 0 Å². The molecule has 0 aromatic heterocycles. The van der Waals surface area contributed by atoms with E-state index in [1.165, 1.54) is 0 Å². The lowest BCUT2D eigenvalue weighted by Crippen LogP contribution is -2.02. The summed E-state index contributed by atoms with van der Waals surface area (Å²) in [5.41, 5.74) is 8.94. The SMILES string of the molecule is Cc1cc2c(c([N+](=O)[O-])c1N)CCC2. The number of hydrogen-bond donors (Lipinski definition) is 1. The summed E-state index contributed by atoms with van der Waals surface area (Å²) in [6.45, 7) is 1.82. The first-order valence-corrected chi connectivity index (χ1v) is 4.66. The van der Waals surface area contributed by atoms with Crippen LogP contribution in [0.3, 0.4) is 0 Å². The van der Waals surface area contributed by atoms with Gasteiger partial charge in [0.2, 0.25) is 0 Å². The van der Waals surface area contributed by atoms with Gasteiger partial charge in [-0.15, -0.1) is 0 Å². The van der Waals surface area contributed by atoms with Gasteiger partial charge in [-0.05, 0) is 37.3 Å². The summed E-state index contributed by atoms with van der Waals surface area (Å²) in [6.07, 6.45) is 2.73. The van der Waals surface area contributed by atoms with Crippen LogP contribution < -0.4 is 5.73 Å². The van der Waals surface area contributed by atoms with Crippen molar-refractivity contribution in [3.8, 4) is 0 Å². The first-order chi connectivity index (χ1) is 6.61. The molecule has 0 saturated heterocycles. The molecular formula is C10H12N2O2. The van der Waals surface area contributed by atoms with E-state index in [2.05, 4.69) is 0 Å². The third kappa shape index (κ3) is 1.14. The molecule has 1 aromatic carbocycles. The Hall–Kier alpha value is -1.58. The predicted molar refractivity (Wildman–Crippen MR) is 54.3 cm³/mol. The smallest absolute Gasteiger partial charge is 0.295 e. The highest BCUT2D eigenvalue weighted by Gasteiger charge is 2.26. The minimum Gasteiger partial charge on any atom is -0.393 e. The highest BCUT2D eigenvalue weighted by molar-refractivity contribution is 5.69. The quantitative estimate of drug-likeness (QED) is 0.420. The molecule has 1 aliphatic carbocycles. The Balaban J connectivity index is 2.72. The van der Waals surface area contributed by atoms with Crippen molar-refractivity contribution in [3.05, 3.63) is 32.9 Å². The van der Waals surface area contributed by atoms with Crippen LogP contribution in [0.5, 0.6) is 0 Å². The van der Waals surface area contributed by atoms with Gasteiger partial charge < -0.3 is 5.73 Å². The maximum absolute atomic E-state index is 10.9. The number of anilines is 1. The molecule has 2 N–H and O–H groups in total. The van der Waals surface area contributed by atoms with E-state index in [4.69, 9.17) is 5.73 Å². The van der Waals surface area contributed by atoms with Gasteiger partial charge in [-0.2, -0.15) is 0 Å². The zero-order valence-corrected chi connectivity index (χ0v) is 8.04. The lowest BCUT2D eigenvalue weighted by Gasteiger charge is -2.06. The second-order valence-corrected chi connectivity index (χ2v) is 3.70. The summed E-state index contributed by atoms with van der Waals surface area (Å²) in [7, 11) is 0. The third-order valence-corrected chi connectivity index (χ3v) is 2.80. The number of nitro groups is 1. The minimum absolute atomic E-state index is 0.137. The molecular weight excluding hydrogens is 180 g/mol. The molecule has 74 valence electrons. The van der Waals surface area contributed by atoms with Crippen molar-refractivity contribution < 1.29 is 4.92 Å². The van der Waals surface area contributed by atoms with E-state index in [-0.39, 0.29) is 10.6 Å². The van der Waals surface area contributed by atoms with Crippen molar-refractivity contribution in [3.63, 3.8) is 0 Å². The predicted octanol–water partition coefficient (Wildman–Crippen LogP) is 1.97. The number of hydrogen-bond acceptors (Lipinski definition) is 3. The Bertz CT molecular complexity index is 413. The molecule has 0 radical (unpaired) electrons. The van der Waals surface area contributed by atoms with Gasteiger partial charge in [0.05, 0.1) is 4.92 Å². The molecule has 0 saturated carbocycles. The summed E-state index contributed by atoms with van der Waals surface area (Å²) < 4.78 is 0. The standard InChI is InChI=1S/C10H12N2O2/c1-6-5-7-3-2-4-8(7)10(9(6)11)12(13)14/h5H,2-4,11H2,1H3. The van der Waals surface area contributed by atoms with E-state index in [1.807, 2.05) is 13.0 Å². The first-order valence-electron chi connectivity index (χ1n) is 4.66. The molecule has 4 heteroatoms. The van der Waals surface area contributed by atoms with Gasteiger partial charge in [0.1, 0.15) is 5.69 Å². The molecule has 0 fully saturated rings. The van der Waals surface area contributed by atoms with Crippen LogP contribution in [0.25, 0.3) is 0 Å². The van der Waals surface area contributed by atoms with E-state index < -0.39 is 0 Å². The fraction of sp³-hybridized carbons (Fsp3) is 0.400. The van der Waals surface area contributed by atoms with E-state index in [9.17, 15) is 10.1 Å². The summed E-state index contributed by atoms with van der Waals surface area (Å²) in [4.78, 5) is 10.5. The van der Waals surface area contributed by atoms with Gasteiger partial charge in [-0.25, -0.2) is 0 Å². The van der Waals surface area contributed by atoms with Gasteiger partial charge in [0, 0.05) is 5.56 Å². The molecule has 1 aliphatic rings. The van der Waals surface area contributed by atoms with Crippen LogP contribution >= 0.6 is 0 Å². The monoisotopic (exact) mass is 192 g/mol. The van der Waals surface area contributed by atoms with Crippen LogP contribution in [-0.4, -0.2) is 4.92 Å². The van der Waals surface area contributed by atoms with Gasteiger partial charge in [-0.3, -0.25) is 10.1 Å². The third-order valence-electron chi connectivity index (χ3n) is 2.80. The Labute approximate surface area is 81.9 Å². The zero-order valence-electron chi connectivity index (χ0n) is 8.04. The molecule has 4 nitrogen and oxygen atoms in total. The molecule has 0 atom stereocenters. The van der Waals surface area contributed by atoms with E-state index in [0.717, 1.165) is 36.0 Å². The molecule has 0 heterocycles. The summed E-state index contributed by atoms with van der Waals surface area (Å²) >= 11 is 0. The minimum atomic E-state index is -0.355. The molecule has 0 bridgehead atoms. The fourth-order valence-electron chi connectivity index (χ4n) is 2.09. The van der Waals surface area contributed by atoms with Crippen molar-refractivity contribution >= 4 is 11.4 Å². The number of nitrogens with two attached hydrogens (primary N) is 1. The van der Waals surface area contributed by atoms with Crippen LogP contribution in [0.1, 0.15) is 23.1 Å². The van der Waals surface area contributed by atoms with Gasteiger partial charge >= 0.3 is 0 Å². The van der Waals surface area contributed by atoms with Crippen molar-refractivity contribution in [2.24, 2.45) is 0 Å². The Morgan fingerprint density at radius 3 is 2.86 bits per heavy atom. The number of nitrogens with zero attached hydrogens (tertiary/aromatic N) is 1. The molecule has 1 aromatic rings. The molecule has 14 heavy (non-hydrogen) atoms. The highest BCUT2D eigenvalue weighted by atomic mass is 16.6. The summed E-state index contributed by atoms with van der Waals surface area (Å²) in [5.74, 6) is 0. The van der Waals surface area contributed by atoms with Gasteiger partial charge in [0.25, 0.3) is 5.69 Å². The van der Waals surface area contributed by atoms with Crippen LogP contribution in [0.4, 0.5) is 11.4 Å². The number of nitrogen functional groups attached to an aromatic ring is 1. The number of rotatable bonds is 1. The molecule has 0 unspecified atom stereocenters. The topological polar surface area (TPSA) is 69.2 Å². The Morgan fingerprint density at radius 1 is 1.50 bits per heavy atom. The Morgan fingerprint density at radius 2 is 2.21 bits per heavy atom. The lowest BCUT2D eigenvalue weighted by atomic mass is 10.0. The summed E-state index contributed by atoms with van der Waals surface area (Å²) in [6, 6.07) is 1.98. The van der Waals surface area contributed by atoms with Crippen LogP contribution in [0.2, 0.25) is 0 Å². The lowest BCUT2D eigenvalue weighted by molar-refractivity contribution is -0.384. The average Bonchev–Trinajstić information content (AvgIpc) is 2.52. The fourth-order valence-corrected chi connectivity index (χ4v) is 2.09. The van der Waals surface area contributed by atoms with Crippen LogP contribution in [-0.2, 0) is 12.8 Å². The Kier molecular flexibility index (Phi) is 1.91. The number of benzene rings is 1. The van der Waals surface area contributed by atoms with Gasteiger partial charge in [-0.1, -0.05) is 6.07 Å². The maximum atomic E-state index is 10.9. The van der Waals surface area contributed by atoms with Crippen molar-refractivity contribution in [2.45, 2.75) is 26.2 Å². The van der Waals surface area contributed by atoms with Crippen molar-refractivity contribution in [2.75, 3.05) is 5.73 Å². The highest BCUT2D eigenvalue weighted by Crippen LogP contribution is 2.37. The zero-order chi connectivity index (χ0) is 10.3. The number of fused-ring (bicyclic) bond motifs is 1. The average molecular weight is 192 g/mol. The molecule has 0 spiro atoms. The van der Waals surface area contributed by atoms with E-state index >= 15 is 0 Å². The molecule has 2 rings (SSSR count). The number of aryl methyl sites for hydroxylation is 2. The van der Waals surface area contributed by atoms with E-state index in [1.54, 1.807) is 0 Å². The molecule has 0 aliphatic heterocycles. The second kappa shape index (κ2) is 2.97. The van der Waals surface area contributed by atoms with Crippen LogP contribution in [0, 0.1) is 17.0 Å². The maximum Gasteiger partial charge on any atom is 0.295 e. The largest absolute Gasteiger partial charge is 0.393 e. The summed E-state index contributed by atoms with van der Waals surface area (Å²) in [5, 5.41) is 10.9. The normalized spacial score (nSPS) is 14.1. The second-order valence-electron chi connectivity index (χ2n) is 3.70. The molecule has 0 amide bonds.